The van der Waals surface area contributed by atoms with Crippen LogP contribution in [0.4, 0.5) is 9.18 Å². The number of piperidine rings is 1. The molecule has 1 aliphatic heterocycles. The third-order valence-corrected chi connectivity index (χ3v) is 7.90. The summed E-state index contributed by atoms with van der Waals surface area (Å²) in [6.45, 7) is 7.03. The highest BCUT2D eigenvalue weighted by molar-refractivity contribution is 7.99. The second-order valence-corrected chi connectivity index (χ2v) is 10.2. The number of aliphatic imine (C=N–C) groups is 1. The molecule has 1 saturated heterocycles. The van der Waals surface area contributed by atoms with Gasteiger partial charge in [0.15, 0.2) is 0 Å². The van der Waals surface area contributed by atoms with E-state index < -0.39 is 0 Å². The lowest BCUT2D eigenvalue weighted by molar-refractivity contribution is 0.101. The Hall–Kier alpha value is -4.17. The van der Waals surface area contributed by atoms with Crippen molar-refractivity contribution >= 4 is 30.1 Å². The molecule has 0 saturated carbocycles. The molecule has 4 aromatic rings. The third-order valence-electron chi connectivity index (χ3n) is 6.75. The zero-order valence-corrected chi connectivity index (χ0v) is 21.9. The van der Waals surface area contributed by atoms with Gasteiger partial charge in [-0.25, -0.2) is 13.7 Å². The average molecular weight is 532 g/mol. The van der Waals surface area contributed by atoms with Crippen LogP contribution in [0, 0.1) is 24.1 Å². The number of methoxy groups -OCH3 is 1. The number of halogens is 1. The second-order valence-electron chi connectivity index (χ2n) is 9.09. The summed E-state index contributed by atoms with van der Waals surface area (Å²) >= 11 is 1.43. The number of likely N-dealkylation sites (tertiary alicyclic amines) is 1. The van der Waals surface area contributed by atoms with E-state index in [1.54, 1.807) is 21.7 Å². The van der Waals surface area contributed by atoms with Crippen molar-refractivity contribution < 1.29 is 13.9 Å². The number of nitrogens with zero attached hydrogens (tertiary/aromatic N) is 7. The number of carbonyl (C=O) groups is 1. The summed E-state index contributed by atoms with van der Waals surface area (Å²) in [5.74, 6) is -0.342. The predicted molar refractivity (Wildman–Crippen MR) is 142 cm³/mol. The highest BCUT2D eigenvalue weighted by Gasteiger charge is 2.27. The number of aromatic nitrogens is 4. The Balaban J connectivity index is 1.55. The van der Waals surface area contributed by atoms with Crippen LogP contribution in [0.2, 0.25) is 0 Å². The van der Waals surface area contributed by atoms with E-state index in [0.29, 0.717) is 29.7 Å². The van der Waals surface area contributed by atoms with Crippen LogP contribution in [-0.4, -0.2) is 57.3 Å². The molecule has 0 radical (unpaired) electrons. The van der Waals surface area contributed by atoms with Crippen LogP contribution in [0.3, 0.4) is 0 Å². The number of hydrogen-bond donors (Lipinski definition) is 0. The van der Waals surface area contributed by atoms with Gasteiger partial charge in [0.1, 0.15) is 11.9 Å². The zero-order valence-electron chi connectivity index (χ0n) is 21.1. The molecule has 194 valence electrons. The van der Waals surface area contributed by atoms with E-state index in [4.69, 9.17) is 4.74 Å². The predicted octanol–water partition coefficient (Wildman–Crippen LogP) is 5.27. The lowest BCUT2D eigenvalue weighted by atomic mass is 10.0. The molecule has 11 heteroatoms. The van der Waals surface area contributed by atoms with Crippen molar-refractivity contribution in [1.82, 2.24) is 24.3 Å². The number of fused-ring (bicyclic) bond motifs is 1. The molecule has 9 nitrogen and oxygen atoms in total. The number of pyridine rings is 1. The average Bonchev–Trinajstić information content (AvgIpc) is 3.53. The number of carbonyl (C=O) groups excluding carboxylic acids is 1. The van der Waals surface area contributed by atoms with E-state index in [-0.39, 0.29) is 24.5 Å². The molecular weight excluding hydrogens is 505 g/mol. The van der Waals surface area contributed by atoms with Gasteiger partial charge < -0.3 is 9.64 Å². The number of hydrogen-bond acceptors (Lipinski definition) is 7. The van der Waals surface area contributed by atoms with Gasteiger partial charge in [0.25, 0.3) is 0 Å². The molecule has 1 fully saturated rings. The second kappa shape index (κ2) is 10.7. The maximum Gasteiger partial charge on any atom is 0.409 e. The van der Waals surface area contributed by atoms with Gasteiger partial charge in [-0.15, -0.1) is 0 Å². The quantitative estimate of drug-likeness (QED) is 0.314. The molecule has 0 aliphatic carbocycles. The summed E-state index contributed by atoms with van der Waals surface area (Å²) in [6, 6.07) is 8.84. The van der Waals surface area contributed by atoms with Gasteiger partial charge in [-0.3, -0.25) is 9.67 Å². The highest BCUT2D eigenvalue weighted by Crippen LogP contribution is 2.38. The molecule has 0 N–H and O–H groups in total. The topological polar surface area (TPSA) is 101 Å². The monoisotopic (exact) mass is 531 g/mol. The minimum absolute atomic E-state index is 0.0391. The first-order valence-corrected chi connectivity index (χ1v) is 12.9. The first-order chi connectivity index (χ1) is 18.4. The van der Waals surface area contributed by atoms with E-state index in [9.17, 15) is 14.4 Å². The fourth-order valence-corrected chi connectivity index (χ4v) is 6.04. The molecule has 0 bridgehead atoms. The number of ether oxygens (including phenoxy) is 1. The van der Waals surface area contributed by atoms with Gasteiger partial charge in [-0.05, 0) is 56.3 Å². The molecule has 0 spiro atoms. The normalized spacial score (nSPS) is 15.4. The molecule has 1 aromatic carbocycles. The first kappa shape index (κ1) is 25.5. The SMILES string of the molecule is C=NCc1cc(F)ccc1Sc1cc(-c2cnn([C@H]3CCCN(C(=O)OC)C3)c2C)cn2ncc(C#N)c12. The van der Waals surface area contributed by atoms with Gasteiger partial charge in [0.05, 0.1) is 43.2 Å². The van der Waals surface area contributed by atoms with Gasteiger partial charge >= 0.3 is 6.09 Å². The number of benzene rings is 1. The molecular formula is C27H26FN7O2S. The Morgan fingerprint density at radius 3 is 2.92 bits per heavy atom. The molecule has 1 atom stereocenters. The summed E-state index contributed by atoms with van der Waals surface area (Å²) < 4.78 is 22.5. The van der Waals surface area contributed by atoms with Gasteiger partial charge in [-0.1, -0.05) is 11.8 Å². The van der Waals surface area contributed by atoms with Crippen LogP contribution in [-0.2, 0) is 11.3 Å². The molecule has 0 unspecified atom stereocenters. The van der Waals surface area contributed by atoms with E-state index in [0.717, 1.165) is 39.5 Å². The third kappa shape index (κ3) is 4.75. The fourth-order valence-electron chi connectivity index (χ4n) is 4.93. The van der Waals surface area contributed by atoms with E-state index >= 15 is 0 Å². The van der Waals surface area contributed by atoms with Crippen LogP contribution in [0.5, 0.6) is 0 Å². The lowest BCUT2D eigenvalue weighted by Crippen LogP contribution is -2.41. The minimum Gasteiger partial charge on any atom is -0.453 e. The van der Waals surface area contributed by atoms with Crippen molar-refractivity contribution in [3.63, 3.8) is 0 Å². The number of rotatable bonds is 6. The summed E-state index contributed by atoms with van der Waals surface area (Å²) in [5.41, 5.74) is 4.59. The summed E-state index contributed by atoms with van der Waals surface area (Å²) in [5, 5.41) is 18.8. The molecule has 38 heavy (non-hydrogen) atoms. The number of amides is 1. The first-order valence-electron chi connectivity index (χ1n) is 12.1. The van der Waals surface area contributed by atoms with Crippen LogP contribution >= 0.6 is 11.8 Å². The van der Waals surface area contributed by atoms with Gasteiger partial charge in [0.2, 0.25) is 0 Å². The maximum absolute atomic E-state index is 13.9. The largest absolute Gasteiger partial charge is 0.453 e. The van der Waals surface area contributed by atoms with Gasteiger partial charge in [0, 0.05) is 45.9 Å². The Morgan fingerprint density at radius 2 is 2.16 bits per heavy atom. The van der Waals surface area contributed by atoms with Gasteiger partial charge in [-0.2, -0.15) is 15.5 Å². The van der Waals surface area contributed by atoms with E-state index in [1.165, 1.54) is 31.0 Å². The maximum atomic E-state index is 13.9. The molecule has 1 aliphatic rings. The standard InChI is InChI=1S/C27H26FN7O2S/c1-17-23(14-32-35(17)22-5-4-8-33(16-22)27(36)37-3)19-10-25(26-20(11-29)13-31-34(26)15-19)38-24-7-6-21(28)9-18(24)12-30-2/h6-7,9-10,13-15,22H,2,4-5,8,12,16H2,1,3H3/t22-/m0/s1. The van der Waals surface area contributed by atoms with Crippen molar-refractivity contribution in [2.24, 2.45) is 4.99 Å². The molecule has 4 heterocycles. The molecule has 3 aromatic heterocycles. The Kier molecular flexibility index (Phi) is 7.15. The van der Waals surface area contributed by atoms with E-state index in [2.05, 4.69) is 28.0 Å². The van der Waals surface area contributed by atoms with Crippen molar-refractivity contribution in [2.45, 2.75) is 42.1 Å². The Labute approximate surface area is 223 Å². The van der Waals surface area contributed by atoms with E-state index in [1.807, 2.05) is 30.1 Å². The number of nitriles is 1. The minimum atomic E-state index is -0.342. The summed E-state index contributed by atoms with van der Waals surface area (Å²) in [7, 11) is 1.39. The van der Waals surface area contributed by atoms with Crippen LogP contribution in [0.1, 0.15) is 35.7 Å². The molecule has 1 amide bonds. The van der Waals surface area contributed by atoms with Crippen molar-refractivity contribution in [2.75, 3.05) is 20.2 Å². The van der Waals surface area contributed by atoms with Crippen molar-refractivity contribution in [3.8, 4) is 17.2 Å². The smallest absolute Gasteiger partial charge is 0.409 e. The highest BCUT2D eigenvalue weighted by atomic mass is 32.2. The van der Waals surface area contributed by atoms with Crippen LogP contribution < -0.4 is 0 Å². The van der Waals surface area contributed by atoms with Crippen LogP contribution in [0.15, 0.2) is 57.6 Å². The Bertz CT molecular complexity index is 1570. The lowest BCUT2D eigenvalue weighted by Gasteiger charge is -2.32. The summed E-state index contributed by atoms with van der Waals surface area (Å²) in [6.07, 6.45) is 6.69. The van der Waals surface area contributed by atoms with Crippen molar-refractivity contribution in [3.05, 3.63) is 65.5 Å². The Morgan fingerprint density at radius 1 is 1.32 bits per heavy atom. The molecule has 5 rings (SSSR count). The fraction of sp³-hybridized carbons (Fsp3) is 0.296. The zero-order chi connectivity index (χ0) is 26.8. The van der Waals surface area contributed by atoms with Crippen molar-refractivity contribution in [1.29, 1.82) is 5.26 Å². The summed E-state index contributed by atoms with van der Waals surface area (Å²) in [4.78, 5) is 19.4. The van der Waals surface area contributed by atoms with Crippen LogP contribution in [0.25, 0.3) is 16.6 Å².